The molecule has 0 aliphatic rings. The van der Waals surface area contributed by atoms with Crippen molar-refractivity contribution in [2.24, 2.45) is 0 Å². The van der Waals surface area contributed by atoms with Gasteiger partial charge in [0.15, 0.2) is 11.6 Å². The molecule has 18 heavy (non-hydrogen) atoms. The summed E-state index contributed by atoms with van der Waals surface area (Å²) in [6.07, 6.45) is 1.55. The summed E-state index contributed by atoms with van der Waals surface area (Å²) < 4.78 is 2.32. The van der Waals surface area contributed by atoms with E-state index in [2.05, 4.69) is 10.1 Å². The van der Waals surface area contributed by atoms with E-state index in [1.807, 2.05) is 13.8 Å². The standard InChI is InChI=1S/C12H14ClN3OS/c1-3-11-14-12(4-2)16(15-11)7-8(17)9-5-6-10(13)18-9/h5-6H,3-4,7H2,1-2H3. The van der Waals surface area contributed by atoms with Gasteiger partial charge in [-0.3, -0.25) is 4.79 Å². The van der Waals surface area contributed by atoms with Crippen LogP contribution in [0.15, 0.2) is 12.1 Å². The van der Waals surface area contributed by atoms with Crippen LogP contribution in [0.5, 0.6) is 0 Å². The number of aromatic nitrogens is 3. The van der Waals surface area contributed by atoms with Crippen LogP contribution in [0.1, 0.15) is 35.2 Å². The second kappa shape index (κ2) is 5.63. The van der Waals surface area contributed by atoms with Gasteiger partial charge in [0.05, 0.1) is 9.21 Å². The highest BCUT2D eigenvalue weighted by molar-refractivity contribution is 7.18. The fraction of sp³-hybridized carbons (Fsp3) is 0.417. The number of Topliss-reactive ketones (excluding diaryl/α,β-unsaturated/α-hetero) is 1. The molecule has 4 nitrogen and oxygen atoms in total. The number of carbonyl (C=O) groups is 1. The molecule has 0 radical (unpaired) electrons. The van der Waals surface area contributed by atoms with Gasteiger partial charge in [0.2, 0.25) is 0 Å². The lowest BCUT2D eigenvalue weighted by Gasteiger charge is -2.01. The first-order valence-electron chi connectivity index (χ1n) is 5.85. The van der Waals surface area contributed by atoms with Crippen LogP contribution in [-0.2, 0) is 19.4 Å². The average molecular weight is 284 g/mol. The van der Waals surface area contributed by atoms with Crippen molar-refractivity contribution in [3.8, 4) is 0 Å². The summed E-state index contributed by atoms with van der Waals surface area (Å²) in [5.74, 6) is 1.65. The van der Waals surface area contributed by atoms with Crippen molar-refractivity contribution in [2.75, 3.05) is 0 Å². The fourth-order valence-electron chi connectivity index (χ4n) is 1.64. The van der Waals surface area contributed by atoms with Crippen molar-refractivity contribution in [3.63, 3.8) is 0 Å². The van der Waals surface area contributed by atoms with Crippen LogP contribution in [0.2, 0.25) is 4.34 Å². The van der Waals surface area contributed by atoms with Crippen LogP contribution < -0.4 is 0 Å². The molecule has 0 spiro atoms. The Balaban J connectivity index is 2.18. The van der Waals surface area contributed by atoms with E-state index in [4.69, 9.17) is 11.6 Å². The first-order chi connectivity index (χ1) is 8.63. The molecule has 2 aromatic rings. The predicted molar refractivity (Wildman–Crippen MR) is 72.4 cm³/mol. The molecule has 0 aromatic carbocycles. The summed E-state index contributed by atoms with van der Waals surface area (Å²) in [5.41, 5.74) is 0. The van der Waals surface area contributed by atoms with Crippen molar-refractivity contribution < 1.29 is 4.79 Å². The Kier molecular flexibility index (Phi) is 4.14. The highest BCUT2D eigenvalue weighted by atomic mass is 35.5. The largest absolute Gasteiger partial charge is 0.291 e. The van der Waals surface area contributed by atoms with E-state index in [1.54, 1.807) is 16.8 Å². The molecular weight excluding hydrogens is 270 g/mol. The van der Waals surface area contributed by atoms with Crippen LogP contribution in [-0.4, -0.2) is 20.5 Å². The summed E-state index contributed by atoms with van der Waals surface area (Å²) in [7, 11) is 0. The van der Waals surface area contributed by atoms with Crippen LogP contribution in [0, 0.1) is 0 Å². The Morgan fingerprint density at radius 3 is 2.72 bits per heavy atom. The highest BCUT2D eigenvalue weighted by Gasteiger charge is 2.14. The van der Waals surface area contributed by atoms with E-state index in [0.717, 1.165) is 24.5 Å². The molecule has 0 atom stereocenters. The number of halogens is 1. The summed E-state index contributed by atoms with van der Waals surface area (Å²) in [5, 5.41) is 4.33. The Labute approximate surface area is 115 Å². The van der Waals surface area contributed by atoms with E-state index < -0.39 is 0 Å². The zero-order valence-electron chi connectivity index (χ0n) is 10.3. The molecule has 96 valence electrons. The molecule has 0 amide bonds. The normalized spacial score (nSPS) is 10.8. The van der Waals surface area contributed by atoms with Gasteiger partial charge in [-0.05, 0) is 12.1 Å². The zero-order valence-corrected chi connectivity index (χ0v) is 11.9. The number of rotatable bonds is 5. The molecule has 0 saturated carbocycles. The number of nitrogens with zero attached hydrogens (tertiary/aromatic N) is 3. The topological polar surface area (TPSA) is 47.8 Å². The maximum atomic E-state index is 12.1. The molecule has 2 rings (SSSR count). The number of carbonyl (C=O) groups excluding carboxylic acids is 1. The molecule has 0 unspecified atom stereocenters. The summed E-state index contributed by atoms with van der Waals surface area (Å²) >= 11 is 7.12. The van der Waals surface area contributed by atoms with E-state index in [0.29, 0.717) is 9.21 Å². The van der Waals surface area contributed by atoms with Crippen molar-refractivity contribution in [3.05, 3.63) is 33.0 Å². The van der Waals surface area contributed by atoms with Crippen LogP contribution >= 0.6 is 22.9 Å². The number of hydrogen-bond acceptors (Lipinski definition) is 4. The monoisotopic (exact) mass is 283 g/mol. The minimum Gasteiger partial charge on any atom is -0.291 e. The van der Waals surface area contributed by atoms with Gasteiger partial charge in [0, 0.05) is 12.8 Å². The van der Waals surface area contributed by atoms with Gasteiger partial charge in [-0.2, -0.15) is 5.10 Å². The zero-order chi connectivity index (χ0) is 13.1. The SMILES string of the molecule is CCc1nc(CC)n(CC(=O)c2ccc(Cl)s2)n1. The third-order valence-corrected chi connectivity index (χ3v) is 3.84. The molecule has 0 bridgehead atoms. The molecule has 2 aromatic heterocycles. The molecule has 0 fully saturated rings. The van der Waals surface area contributed by atoms with Gasteiger partial charge in [0.1, 0.15) is 12.4 Å². The second-order valence-corrected chi connectivity index (χ2v) is 5.55. The Morgan fingerprint density at radius 1 is 1.39 bits per heavy atom. The van der Waals surface area contributed by atoms with Crippen LogP contribution in [0.4, 0.5) is 0 Å². The van der Waals surface area contributed by atoms with Crippen LogP contribution in [0.25, 0.3) is 0 Å². The molecule has 0 saturated heterocycles. The van der Waals surface area contributed by atoms with Gasteiger partial charge in [-0.15, -0.1) is 11.3 Å². The quantitative estimate of drug-likeness (QED) is 0.793. The summed E-state index contributed by atoms with van der Waals surface area (Å²) in [6, 6.07) is 3.48. The molecule has 2 heterocycles. The third-order valence-electron chi connectivity index (χ3n) is 2.57. The van der Waals surface area contributed by atoms with E-state index in [9.17, 15) is 4.79 Å². The summed E-state index contributed by atoms with van der Waals surface area (Å²) in [4.78, 5) is 17.1. The number of ketones is 1. The van der Waals surface area contributed by atoms with E-state index >= 15 is 0 Å². The molecule has 0 aliphatic heterocycles. The average Bonchev–Trinajstić information content (AvgIpc) is 2.95. The van der Waals surface area contributed by atoms with Crippen molar-refractivity contribution in [1.82, 2.24) is 14.8 Å². The lowest BCUT2D eigenvalue weighted by atomic mass is 10.3. The Morgan fingerprint density at radius 2 is 2.17 bits per heavy atom. The number of thiophene rings is 1. The Bertz CT molecular complexity index is 561. The minimum atomic E-state index is 0.0224. The first kappa shape index (κ1) is 13.2. The van der Waals surface area contributed by atoms with Gasteiger partial charge < -0.3 is 0 Å². The van der Waals surface area contributed by atoms with Crippen LogP contribution in [0.3, 0.4) is 0 Å². The third kappa shape index (κ3) is 2.79. The molecule has 0 aliphatic carbocycles. The number of hydrogen-bond donors (Lipinski definition) is 0. The highest BCUT2D eigenvalue weighted by Crippen LogP contribution is 2.22. The van der Waals surface area contributed by atoms with Crippen molar-refractivity contribution in [2.45, 2.75) is 33.2 Å². The van der Waals surface area contributed by atoms with E-state index in [1.165, 1.54) is 11.3 Å². The maximum absolute atomic E-state index is 12.1. The van der Waals surface area contributed by atoms with Crippen molar-refractivity contribution >= 4 is 28.7 Å². The van der Waals surface area contributed by atoms with Gasteiger partial charge in [-0.25, -0.2) is 9.67 Å². The lowest BCUT2D eigenvalue weighted by Crippen LogP contribution is -2.13. The fourth-order valence-corrected chi connectivity index (χ4v) is 2.62. The second-order valence-electron chi connectivity index (χ2n) is 3.84. The summed E-state index contributed by atoms with van der Waals surface area (Å²) in [6.45, 7) is 4.24. The minimum absolute atomic E-state index is 0.0224. The lowest BCUT2D eigenvalue weighted by molar-refractivity contribution is 0.0970. The Hall–Kier alpha value is -1.20. The molecule has 0 N–H and O–H groups in total. The smallest absolute Gasteiger partial charge is 0.194 e. The maximum Gasteiger partial charge on any atom is 0.194 e. The van der Waals surface area contributed by atoms with Crippen molar-refractivity contribution in [1.29, 1.82) is 0 Å². The molecule has 6 heteroatoms. The number of aryl methyl sites for hydroxylation is 2. The predicted octanol–water partition coefficient (Wildman–Crippen LogP) is 3.00. The van der Waals surface area contributed by atoms with Gasteiger partial charge >= 0.3 is 0 Å². The van der Waals surface area contributed by atoms with Gasteiger partial charge in [-0.1, -0.05) is 25.4 Å². The van der Waals surface area contributed by atoms with E-state index in [-0.39, 0.29) is 12.3 Å². The molecular formula is C12H14ClN3OS. The first-order valence-corrected chi connectivity index (χ1v) is 7.04. The van der Waals surface area contributed by atoms with Gasteiger partial charge in [0.25, 0.3) is 0 Å².